The topological polar surface area (TPSA) is 65.8 Å². The Balaban J connectivity index is 1.76. The second-order valence-corrected chi connectivity index (χ2v) is 6.79. The summed E-state index contributed by atoms with van der Waals surface area (Å²) in [6.07, 6.45) is 4.08. The van der Waals surface area contributed by atoms with Crippen LogP contribution < -0.4 is 5.32 Å². The molecule has 0 saturated carbocycles. The van der Waals surface area contributed by atoms with Crippen molar-refractivity contribution < 1.29 is 9.18 Å². The van der Waals surface area contributed by atoms with Crippen molar-refractivity contribution in [2.24, 2.45) is 0 Å². The molecule has 1 aromatic carbocycles. The number of carbonyl (C=O) groups excluding carboxylic acids is 1. The Hall–Kier alpha value is -3.04. The molecule has 1 aliphatic rings. The second kappa shape index (κ2) is 6.11. The molecule has 0 spiro atoms. The predicted octanol–water partition coefficient (Wildman–Crippen LogP) is 4.17. The van der Waals surface area contributed by atoms with Gasteiger partial charge in [-0.15, -0.1) is 11.3 Å². The molecule has 0 saturated heterocycles. The average Bonchev–Trinajstić information content (AvgIpc) is 2.99. The fourth-order valence-electron chi connectivity index (χ4n) is 3.09. The van der Waals surface area contributed by atoms with Gasteiger partial charge < -0.3 is 5.32 Å². The monoisotopic (exact) mass is 349 g/mol. The number of thiophene rings is 1. The molecule has 1 aliphatic carbocycles. The van der Waals surface area contributed by atoms with Gasteiger partial charge in [0.2, 0.25) is 0 Å². The Morgan fingerprint density at radius 2 is 2.12 bits per heavy atom. The zero-order valence-corrected chi connectivity index (χ0v) is 13.9. The summed E-state index contributed by atoms with van der Waals surface area (Å²) in [7, 11) is 0. The molecule has 0 fully saturated rings. The molecule has 0 radical (unpaired) electrons. The van der Waals surface area contributed by atoms with E-state index in [9.17, 15) is 14.4 Å². The summed E-state index contributed by atoms with van der Waals surface area (Å²) in [5, 5.41) is 12.8. The number of aromatic nitrogens is 1. The fraction of sp³-hybridized carbons (Fsp3) is 0.105. The molecular weight excluding hydrogens is 337 g/mol. The number of carbonyl (C=O) groups is 1. The number of anilines is 1. The molecular formula is C19H12FN3OS. The number of nitrogens with zero attached hydrogens (tertiary/aromatic N) is 2. The minimum atomic E-state index is -0.690. The molecule has 4 rings (SSSR count). The Bertz CT molecular complexity index is 1040. The maximum absolute atomic E-state index is 13.8. The van der Waals surface area contributed by atoms with Crippen LogP contribution in [0.1, 0.15) is 26.4 Å². The average molecular weight is 349 g/mol. The molecule has 0 bridgehead atoms. The van der Waals surface area contributed by atoms with Gasteiger partial charge in [0.1, 0.15) is 11.1 Å². The van der Waals surface area contributed by atoms with E-state index in [1.165, 1.54) is 29.2 Å². The van der Waals surface area contributed by atoms with E-state index in [1.807, 2.05) is 18.2 Å². The summed E-state index contributed by atoms with van der Waals surface area (Å²) in [5.41, 5.74) is 3.47. The minimum absolute atomic E-state index is 0.0920. The first-order valence-corrected chi connectivity index (χ1v) is 8.55. The smallest absolute Gasteiger partial charge is 0.259 e. The van der Waals surface area contributed by atoms with Gasteiger partial charge >= 0.3 is 0 Å². The van der Waals surface area contributed by atoms with Crippen LogP contribution in [0.2, 0.25) is 0 Å². The van der Waals surface area contributed by atoms with E-state index in [0.717, 1.165) is 35.0 Å². The van der Waals surface area contributed by atoms with Gasteiger partial charge in [-0.05, 0) is 30.0 Å². The van der Waals surface area contributed by atoms with E-state index in [2.05, 4.69) is 22.4 Å². The lowest BCUT2D eigenvalue weighted by molar-refractivity contribution is 0.102. The molecule has 0 aliphatic heterocycles. The Labute approximate surface area is 147 Å². The van der Waals surface area contributed by atoms with Crippen molar-refractivity contribution in [1.82, 2.24) is 4.98 Å². The number of hydrogen-bond donors (Lipinski definition) is 1. The molecule has 0 atom stereocenters. The number of aryl methyl sites for hydroxylation is 2. The van der Waals surface area contributed by atoms with Crippen molar-refractivity contribution in [2.75, 3.05) is 5.32 Å². The Morgan fingerprint density at radius 3 is 2.92 bits per heavy atom. The van der Waals surface area contributed by atoms with Crippen molar-refractivity contribution in [1.29, 1.82) is 5.26 Å². The second-order valence-electron chi connectivity index (χ2n) is 5.68. The first-order chi connectivity index (χ1) is 12.2. The Kier molecular flexibility index (Phi) is 3.79. The number of amides is 1. The number of pyridine rings is 1. The number of nitrogens with one attached hydrogen (secondary N) is 1. The number of rotatable bonds is 2. The summed E-state index contributed by atoms with van der Waals surface area (Å²) in [6.45, 7) is 0. The zero-order valence-electron chi connectivity index (χ0n) is 13.0. The van der Waals surface area contributed by atoms with Crippen LogP contribution in [0.5, 0.6) is 0 Å². The molecule has 25 heavy (non-hydrogen) atoms. The highest BCUT2D eigenvalue weighted by atomic mass is 32.1. The minimum Gasteiger partial charge on any atom is -0.312 e. The van der Waals surface area contributed by atoms with E-state index in [0.29, 0.717) is 10.6 Å². The lowest BCUT2D eigenvalue weighted by Crippen LogP contribution is -2.13. The Morgan fingerprint density at radius 1 is 1.28 bits per heavy atom. The number of nitriles is 1. The van der Waals surface area contributed by atoms with Gasteiger partial charge in [0.25, 0.3) is 5.91 Å². The van der Waals surface area contributed by atoms with Crippen molar-refractivity contribution in [2.45, 2.75) is 12.8 Å². The summed E-state index contributed by atoms with van der Waals surface area (Å²) < 4.78 is 13.8. The van der Waals surface area contributed by atoms with Crippen molar-refractivity contribution in [3.63, 3.8) is 0 Å². The maximum Gasteiger partial charge on any atom is 0.259 e. The normalized spacial score (nSPS) is 12.0. The van der Waals surface area contributed by atoms with Gasteiger partial charge in [-0.25, -0.2) is 4.39 Å². The van der Waals surface area contributed by atoms with Crippen LogP contribution in [0.3, 0.4) is 0 Å². The largest absolute Gasteiger partial charge is 0.312 e. The van der Waals surface area contributed by atoms with Gasteiger partial charge in [0.15, 0.2) is 5.82 Å². The molecule has 1 amide bonds. The van der Waals surface area contributed by atoms with Crippen LogP contribution in [0.25, 0.3) is 11.1 Å². The highest BCUT2D eigenvalue weighted by Gasteiger charge is 2.26. The van der Waals surface area contributed by atoms with E-state index in [4.69, 9.17) is 0 Å². The number of fused-ring (bicyclic) bond motifs is 3. The van der Waals surface area contributed by atoms with Gasteiger partial charge in [-0.2, -0.15) is 5.26 Å². The van der Waals surface area contributed by atoms with Crippen LogP contribution >= 0.6 is 11.3 Å². The number of halogens is 1. The van der Waals surface area contributed by atoms with Crippen molar-refractivity contribution in [3.05, 3.63) is 70.1 Å². The van der Waals surface area contributed by atoms with Gasteiger partial charge in [-0.3, -0.25) is 9.78 Å². The third kappa shape index (κ3) is 2.59. The standard InChI is InChI=1S/C19H12FN3OS/c20-15-10-22-8-7-13(15)18(24)23-19-14(9-21)17-12-4-2-1-3-11(12)5-6-16(17)25-19/h1-4,7-8,10H,5-6H2,(H,23,24). The van der Waals surface area contributed by atoms with E-state index in [-0.39, 0.29) is 5.56 Å². The number of benzene rings is 1. The molecule has 2 heterocycles. The molecule has 4 nitrogen and oxygen atoms in total. The van der Waals surface area contributed by atoms with Crippen molar-refractivity contribution >= 4 is 22.2 Å². The van der Waals surface area contributed by atoms with Crippen LogP contribution in [-0.2, 0) is 12.8 Å². The molecule has 2 aromatic heterocycles. The van der Waals surface area contributed by atoms with Crippen LogP contribution in [0.4, 0.5) is 9.39 Å². The van der Waals surface area contributed by atoms with E-state index in [1.54, 1.807) is 0 Å². The highest BCUT2D eigenvalue weighted by molar-refractivity contribution is 7.17. The number of hydrogen-bond acceptors (Lipinski definition) is 4. The van der Waals surface area contributed by atoms with Crippen LogP contribution in [0.15, 0.2) is 42.7 Å². The maximum atomic E-state index is 13.8. The lowest BCUT2D eigenvalue weighted by Gasteiger charge is -2.16. The first kappa shape index (κ1) is 15.5. The zero-order chi connectivity index (χ0) is 17.4. The highest BCUT2D eigenvalue weighted by Crippen LogP contribution is 2.44. The van der Waals surface area contributed by atoms with Gasteiger partial charge in [0, 0.05) is 16.6 Å². The summed E-state index contributed by atoms with van der Waals surface area (Å²) in [4.78, 5) is 17.1. The molecule has 6 heteroatoms. The first-order valence-electron chi connectivity index (χ1n) is 7.74. The fourth-order valence-corrected chi connectivity index (χ4v) is 4.25. The summed E-state index contributed by atoms with van der Waals surface area (Å²) in [6, 6.07) is 11.5. The quantitative estimate of drug-likeness (QED) is 0.755. The SMILES string of the molecule is N#Cc1c(NC(=O)c2ccncc2F)sc2c1-c1ccccc1CC2. The summed E-state index contributed by atoms with van der Waals surface area (Å²) in [5.74, 6) is -1.27. The molecule has 122 valence electrons. The predicted molar refractivity (Wildman–Crippen MR) is 94.0 cm³/mol. The van der Waals surface area contributed by atoms with Crippen LogP contribution in [0, 0.1) is 17.1 Å². The van der Waals surface area contributed by atoms with Gasteiger partial charge in [-0.1, -0.05) is 24.3 Å². The lowest BCUT2D eigenvalue weighted by atomic mass is 9.88. The van der Waals surface area contributed by atoms with Gasteiger partial charge in [0.05, 0.1) is 17.3 Å². The van der Waals surface area contributed by atoms with E-state index >= 15 is 0 Å². The molecule has 3 aromatic rings. The van der Waals surface area contributed by atoms with Crippen LogP contribution in [-0.4, -0.2) is 10.9 Å². The molecule has 0 unspecified atom stereocenters. The molecule has 1 N–H and O–H groups in total. The third-order valence-corrected chi connectivity index (χ3v) is 5.41. The third-order valence-electron chi connectivity index (χ3n) is 4.25. The summed E-state index contributed by atoms with van der Waals surface area (Å²) >= 11 is 1.39. The van der Waals surface area contributed by atoms with Crippen molar-refractivity contribution in [3.8, 4) is 17.2 Å². The van der Waals surface area contributed by atoms with E-state index < -0.39 is 11.7 Å².